The molecule has 0 radical (unpaired) electrons. The van der Waals surface area contributed by atoms with E-state index in [0.717, 1.165) is 12.0 Å². The number of nitrogens with zero attached hydrogens (tertiary/aromatic N) is 1. The molecule has 1 amide bonds. The van der Waals surface area contributed by atoms with E-state index in [2.05, 4.69) is 11.8 Å². The Hall–Kier alpha value is -2.52. The minimum Gasteiger partial charge on any atom is -0.456 e. The van der Waals surface area contributed by atoms with Gasteiger partial charge in [0.05, 0.1) is 12.6 Å². The third-order valence-corrected chi connectivity index (χ3v) is 4.03. The lowest BCUT2D eigenvalue weighted by molar-refractivity contribution is -0.136. The molecular formula is C19H23NO5. The molecular weight excluding hydrogens is 322 g/mol. The molecule has 2 rings (SSSR count). The Morgan fingerprint density at radius 1 is 1.32 bits per heavy atom. The van der Waals surface area contributed by atoms with Crippen LogP contribution in [-0.4, -0.2) is 46.9 Å². The number of carbonyl (C=O) groups excluding carboxylic acids is 2. The molecule has 0 saturated carbocycles. The molecule has 6 nitrogen and oxygen atoms in total. The Labute approximate surface area is 147 Å². The first kappa shape index (κ1) is 18.8. The summed E-state index contributed by atoms with van der Waals surface area (Å²) in [5.41, 5.74) is -0.630. The summed E-state index contributed by atoms with van der Waals surface area (Å²) in [6.07, 6.45) is 0.831. The van der Waals surface area contributed by atoms with E-state index in [4.69, 9.17) is 9.47 Å². The number of carbonyl (C=O) groups is 2. The highest BCUT2D eigenvalue weighted by atomic mass is 16.6. The van der Waals surface area contributed by atoms with E-state index in [0.29, 0.717) is 13.0 Å². The van der Waals surface area contributed by atoms with Gasteiger partial charge in [0.25, 0.3) is 0 Å². The summed E-state index contributed by atoms with van der Waals surface area (Å²) >= 11 is 0. The smallest absolute Gasteiger partial charge is 0.410 e. The van der Waals surface area contributed by atoms with E-state index >= 15 is 0 Å². The Morgan fingerprint density at radius 2 is 2.04 bits per heavy atom. The van der Waals surface area contributed by atoms with Crippen molar-refractivity contribution in [1.29, 1.82) is 0 Å². The van der Waals surface area contributed by atoms with Crippen molar-refractivity contribution in [2.24, 2.45) is 0 Å². The Bertz CT molecular complexity index is 659. The molecule has 0 aromatic heterocycles. The van der Waals surface area contributed by atoms with Gasteiger partial charge in [0, 0.05) is 12.5 Å². The van der Waals surface area contributed by atoms with E-state index in [-0.39, 0.29) is 13.2 Å². The Morgan fingerprint density at radius 3 is 2.72 bits per heavy atom. The molecule has 1 N–H and O–H groups in total. The average Bonchev–Trinajstić information content (AvgIpc) is 3.10. The zero-order valence-electron chi connectivity index (χ0n) is 14.5. The summed E-state index contributed by atoms with van der Waals surface area (Å²) in [5.74, 6) is 4.11. The van der Waals surface area contributed by atoms with Crippen LogP contribution in [0.5, 0.6) is 0 Å². The summed E-state index contributed by atoms with van der Waals surface area (Å²) in [5, 5.41) is 10.6. The molecule has 1 fully saturated rings. The summed E-state index contributed by atoms with van der Waals surface area (Å²) in [4.78, 5) is 25.2. The minimum atomic E-state index is -1.52. The molecule has 1 aromatic carbocycles. The number of rotatable bonds is 4. The van der Waals surface area contributed by atoms with Gasteiger partial charge in [0.15, 0.2) is 0 Å². The molecule has 1 heterocycles. The van der Waals surface area contributed by atoms with Crippen molar-refractivity contribution in [1.82, 2.24) is 4.90 Å². The van der Waals surface area contributed by atoms with Crippen molar-refractivity contribution in [3.8, 4) is 11.8 Å². The van der Waals surface area contributed by atoms with Crippen LogP contribution in [0.15, 0.2) is 30.3 Å². The van der Waals surface area contributed by atoms with Crippen LogP contribution in [0.25, 0.3) is 0 Å². The van der Waals surface area contributed by atoms with Crippen LogP contribution in [0.1, 0.15) is 32.3 Å². The first-order chi connectivity index (χ1) is 11.9. The number of hydrogen-bond acceptors (Lipinski definition) is 5. The molecule has 0 aliphatic carbocycles. The third kappa shape index (κ3) is 5.23. The highest BCUT2D eigenvalue weighted by molar-refractivity contribution is 5.88. The van der Waals surface area contributed by atoms with Gasteiger partial charge in [-0.1, -0.05) is 36.3 Å². The fourth-order valence-corrected chi connectivity index (χ4v) is 2.80. The molecule has 2 atom stereocenters. The lowest BCUT2D eigenvalue weighted by Gasteiger charge is -2.32. The molecule has 1 aliphatic rings. The molecule has 1 aliphatic heterocycles. The minimum absolute atomic E-state index is 0.166. The van der Waals surface area contributed by atoms with Gasteiger partial charge in [-0.3, -0.25) is 0 Å². The second-order valence-electron chi connectivity index (χ2n) is 6.01. The van der Waals surface area contributed by atoms with Crippen LogP contribution in [-0.2, 0) is 20.9 Å². The highest BCUT2D eigenvalue weighted by Crippen LogP contribution is 2.27. The van der Waals surface area contributed by atoms with Gasteiger partial charge in [-0.25, -0.2) is 9.59 Å². The zero-order chi connectivity index (χ0) is 18.3. The molecule has 0 spiro atoms. The van der Waals surface area contributed by atoms with Crippen LogP contribution in [0.4, 0.5) is 4.79 Å². The van der Waals surface area contributed by atoms with Crippen LogP contribution in [0.3, 0.4) is 0 Å². The monoisotopic (exact) mass is 345 g/mol. The van der Waals surface area contributed by atoms with Crippen LogP contribution < -0.4 is 0 Å². The van der Waals surface area contributed by atoms with E-state index in [1.165, 1.54) is 11.8 Å². The summed E-state index contributed by atoms with van der Waals surface area (Å²) in [6, 6.07) is 8.85. The van der Waals surface area contributed by atoms with Crippen molar-refractivity contribution in [2.75, 3.05) is 13.2 Å². The van der Waals surface area contributed by atoms with Crippen molar-refractivity contribution < 1.29 is 24.2 Å². The summed E-state index contributed by atoms with van der Waals surface area (Å²) in [7, 11) is 0. The number of benzene rings is 1. The van der Waals surface area contributed by atoms with Crippen LogP contribution >= 0.6 is 0 Å². The summed E-state index contributed by atoms with van der Waals surface area (Å²) in [6.45, 7) is 4.04. The Balaban J connectivity index is 2.00. The van der Waals surface area contributed by atoms with Gasteiger partial charge in [-0.05, 0) is 32.3 Å². The third-order valence-electron chi connectivity index (χ3n) is 4.03. The lowest BCUT2D eigenvalue weighted by atomic mass is 9.95. The van der Waals surface area contributed by atoms with Gasteiger partial charge in [0.2, 0.25) is 0 Å². The maximum Gasteiger partial charge on any atom is 0.410 e. The number of esters is 1. The zero-order valence-corrected chi connectivity index (χ0v) is 14.5. The largest absolute Gasteiger partial charge is 0.456 e. The molecule has 134 valence electrons. The molecule has 1 saturated heterocycles. The van der Waals surface area contributed by atoms with Crippen molar-refractivity contribution in [2.45, 2.75) is 44.9 Å². The van der Waals surface area contributed by atoms with Gasteiger partial charge in [-0.2, -0.15) is 0 Å². The average molecular weight is 345 g/mol. The molecule has 0 bridgehead atoms. The first-order valence-electron chi connectivity index (χ1n) is 8.33. The number of aliphatic hydroxyl groups is 1. The van der Waals surface area contributed by atoms with E-state index in [1.54, 1.807) is 6.92 Å². The quantitative estimate of drug-likeness (QED) is 0.514. The Kier molecular flexibility index (Phi) is 6.43. The fraction of sp³-hybridized carbons (Fsp3) is 0.474. The maximum atomic E-state index is 12.4. The van der Waals surface area contributed by atoms with E-state index in [9.17, 15) is 14.7 Å². The van der Waals surface area contributed by atoms with Crippen molar-refractivity contribution in [3.05, 3.63) is 35.9 Å². The predicted octanol–water partition coefficient (Wildman–Crippen LogP) is 2.11. The molecule has 25 heavy (non-hydrogen) atoms. The summed E-state index contributed by atoms with van der Waals surface area (Å²) < 4.78 is 10.1. The first-order valence-corrected chi connectivity index (χ1v) is 8.33. The number of ether oxygens (including phenoxy) is 2. The van der Waals surface area contributed by atoms with Crippen LogP contribution in [0.2, 0.25) is 0 Å². The second kappa shape index (κ2) is 8.54. The highest BCUT2D eigenvalue weighted by Gasteiger charge is 2.41. The molecule has 1 aromatic rings. The van der Waals surface area contributed by atoms with Gasteiger partial charge < -0.3 is 19.5 Å². The second-order valence-corrected chi connectivity index (χ2v) is 6.01. The topological polar surface area (TPSA) is 76.1 Å². The predicted molar refractivity (Wildman–Crippen MR) is 91.4 cm³/mol. The number of hydrogen-bond donors (Lipinski definition) is 1. The van der Waals surface area contributed by atoms with Crippen molar-refractivity contribution in [3.63, 3.8) is 0 Å². The van der Waals surface area contributed by atoms with Gasteiger partial charge in [0.1, 0.15) is 12.2 Å². The standard InChI is InChI=1S/C19H23NO5/c1-3-24-17(21)11-12-19(2,23)16-10-7-13-20(16)18(22)25-14-15-8-5-4-6-9-15/h4-6,8-9,16,23H,3,7,10,13-14H2,1-2H3/t16-,19+/m0/s1. The van der Waals surface area contributed by atoms with E-state index < -0.39 is 23.7 Å². The van der Waals surface area contributed by atoms with Crippen molar-refractivity contribution >= 4 is 12.1 Å². The molecule has 0 unspecified atom stereocenters. The number of likely N-dealkylation sites (tertiary alicyclic amines) is 1. The lowest BCUT2D eigenvalue weighted by Crippen LogP contribution is -2.49. The SMILES string of the molecule is CCOC(=O)C#C[C@@](C)(O)[C@@H]1CCCN1C(=O)OCc1ccccc1. The normalized spacial score (nSPS) is 18.7. The van der Waals surface area contributed by atoms with Gasteiger partial charge in [-0.15, -0.1) is 0 Å². The molecule has 6 heteroatoms. The van der Waals surface area contributed by atoms with E-state index in [1.807, 2.05) is 30.3 Å². The fourth-order valence-electron chi connectivity index (χ4n) is 2.80. The van der Waals surface area contributed by atoms with Crippen LogP contribution in [0, 0.1) is 11.8 Å². The maximum absolute atomic E-state index is 12.4. The number of amides is 1. The van der Waals surface area contributed by atoms with Gasteiger partial charge >= 0.3 is 12.1 Å².